The minimum Gasteiger partial charge on any atom is -0.464 e. The van der Waals surface area contributed by atoms with Gasteiger partial charge in [-0.3, -0.25) is 0 Å². The normalized spacial score (nSPS) is 12.3. The van der Waals surface area contributed by atoms with Gasteiger partial charge in [0.05, 0.1) is 12.3 Å². The maximum absolute atomic E-state index is 12.0. The van der Waals surface area contributed by atoms with Crippen LogP contribution in [0, 0.1) is 0 Å². The van der Waals surface area contributed by atoms with Crippen LogP contribution in [-0.4, -0.2) is 23.0 Å². The molecule has 0 fully saturated rings. The summed E-state index contributed by atoms with van der Waals surface area (Å²) < 4.78 is 29.4. The monoisotopic (exact) mass is 279 g/mol. The van der Waals surface area contributed by atoms with Crippen molar-refractivity contribution in [1.82, 2.24) is 5.32 Å². The quantitative estimate of drug-likeness (QED) is 0.768. The van der Waals surface area contributed by atoms with Crippen LogP contribution in [0.15, 0.2) is 16.5 Å². The average molecular weight is 279 g/mol. The summed E-state index contributed by atoms with van der Waals surface area (Å²) in [7, 11) is 0. The van der Waals surface area contributed by atoms with Crippen LogP contribution in [0.2, 0.25) is 0 Å². The van der Waals surface area contributed by atoms with Crippen molar-refractivity contribution in [2.45, 2.75) is 43.9 Å². The van der Waals surface area contributed by atoms with E-state index in [-0.39, 0.29) is 17.9 Å². The third-order valence-electron chi connectivity index (χ3n) is 2.55. The predicted octanol–water partition coefficient (Wildman–Crippen LogP) is 2.99. The molecule has 2 N–H and O–H groups in total. The molecular weight excluding hydrogens is 260 g/mol. The van der Waals surface area contributed by atoms with E-state index in [4.69, 9.17) is 9.52 Å². The standard InChI is InChI=1S/C12H19F2NO2S/c1-12(2,5-6-16)15-7-9-3-4-10(17-9)8-18-11(13)14/h3-4,11,15-16H,5-8H2,1-2H3. The molecule has 104 valence electrons. The van der Waals surface area contributed by atoms with Gasteiger partial charge in [0.25, 0.3) is 5.76 Å². The van der Waals surface area contributed by atoms with Gasteiger partial charge in [-0.15, -0.1) is 0 Å². The Morgan fingerprint density at radius 1 is 1.39 bits per heavy atom. The molecule has 1 heterocycles. The summed E-state index contributed by atoms with van der Waals surface area (Å²) in [5, 5.41) is 12.1. The number of furan rings is 1. The molecule has 0 saturated heterocycles. The van der Waals surface area contributed by atoms with Crippen molar-refractivity contribution in [2.75, 3.05) is 6.61 Å². The molecule has 6 heteroatoms. The summed E-state index contributed by atoms with van der Waals surface area (Å²) in [6.45, 7) is 4.61. The highest BCUT2D eigenvalue weighted by molar-refractivity contribution is 7.98. The van der Waals surface area contributed by atoms with Gasteiger partial charge in [0.15, 0.2) is 0 Å². The van der Waals surface area contributed by atoms with Crippen LogP contribution >= 0.6 is 11.8 Å². The molecule has 1 aromatic rings. The van der Waals surface area contributed by atoms with Gasteiger partial charge in [0.2, 0.25) is 0 Å². The van der Waals surface area contributed by atoms with E-state index in [1.165, 1.54) is 0 Å². The van der Waals surface area contributed by atoms with Gasteiger partial charge in [0, 0.05) is 12.1 Å². The van der Waals surface area contributed by atoms with Crippen molar-refractivity contribution in [3.8, 4) is 0 Å². The van der Waals surface area contributed by atoms with Crippen molar-refractivity contribution < 1.29 is 18.3 Å². The number of rotatable bonds is 8. The SMILES string of the molecule is CC(C)(CCO)NCc1ccc(CSC(F)F)o1. The average Bonchev–Trinajstić information content (AvgIpc) is 2.72. The molecule has 0 unspecified atom stereocenters. The Hall–Kier alpha value is -0.590. The van der Waals surface area contributed by atoms with Gasteiger partial charge in [-0.1, -0.05) is 11.8 Å². The first-order valence-corrected chi connectivity index (χ1v) is 6.81. The van der Waals surface area contributed by atoms with E-state index < -0.39 is 5.76 Å². The van der Waals surface area contributed by atoms with Gasteiger partial charge in [-0.05, 0) is 32.4 Å². The molecule has 0 aliphatic rings. The highest BCUT2D eigenvalue weighted by atomic mass is 32.2. The zero-order valence-electron chi connectivity index (χ0n) is 10.6. The first-order valence-electron chi connectivity index (χ1n) is 5.76. The number of hydrogen-bond donors (Lipinski definition) is 2. The summed E-state index contributed by atoms with van der Waals surface area (Å²) in [5.74, 6) is -0.930. The zero-order chi connectivity index (χ0) is 13.6. The van der Waals surface area contributed by atoms with Gasteiger partial charge >= 0.3 is 0 Å². The topological polar surface area (TPSA) is 45.4 Å². The number of aliphatic hydroxyl groups is 1. The Labute approximate surface area is 110 Å². The zero-order valence-corrected chi connectivity index (χ0v) is 11.4. The van der Waals surface area contributed by atoms with Gasteiger partial charge in [-0.2, -0.15) is 8.78 Å². The van der Waals surface area contributed by atoms with Crippen LogP contribution in [0.3, 0.4) is 0 Å². The molecule has 1 rings (SSSR count). The lowest BCUT2D eigenvalue weighted by Gasteiger charge is -2.24. The maximum atomic E-state index is 12.0. The first-order chi connectivity index (χ1) is 8.43. The second kappa shape index (κ2) is 7.11. The minimum absolute atomic E-state index is 0.119. The third-order valence-corrected chi connectivity index (χ3v) is 3.25. The van der Waals surface area contributed by atoms with E-state index in [2.05, 4.69) is 5.32 Å². The maximum Gasteiger partial charge on any atom is 0.284 e. The van der Waals surface area contributed by atoms with Crippen LogP contribution < -0.4 is 5.32 Å². The predicted molar refractivity (Wildman–Crippen MR) is 68.6 cm³/mol. The Kier molecular flexibility index (Phi) is 6.11. The molecule has 0 aliphatic heterocycles. The summed E-state index contributed by atoms with van der Waals surface area (Å²) in [6.07, 6.45) is 0.641. The molecule has 1 aromatic heterocycles. The smallest absolute Gasteiger partial charge is 0.284 e. The fraction of sp³-hybridized carbons (Fsp3) is 0.667. The molecule has 18 heavy (non-hydrogen) atoms. The summed E-state index contributed by atoms with van der Waals surface area (Å²) >= 11 is 0.549. The van der Waals surface area contributed by atoms with Gasteiger partial charge < -0.3 is 14.8 Å². The third kappa shape index (κ3) is 5.84. The lowest BCUT2D eigenvalue weighted by Crippen LogP contribution is -2.39. The van der Waals surface area contributed by atoms with Crippen LogP contribution in [0.1, 0.15) is 31.8 Å². The second-order valence-corrected chi connectivity index (χ2v) is 5.63. The molecule has 0 aromatic carbocycles. The van der Waals surface area contributed by atoms with Crippen LogP contribution in [0.5, 0.6) is 0 Å². The lowest BCUT2D eigenvalue weighted by atomic mass is 10.0. The minimum atomic E-state index is -2.37. The Bertz CT molecular complexity index is 356. The molecule has 0 amide bonds. The van der Waals surface area contributed by atoms with E-state index in [1.54, 1.807) is 12.1 Å². The fourth-order valence-corrected chi connectivity index (χ4v) is 1.88. The molecule has 3 nitrogen and oxygen atoms in total. The number of halogens is 2. The fourth-order valence-electron chi connectivity index (χ4n) is 1.43. The molecule has 0 saturated carbocycles. The number of nitrogens with one attached hydrogen (secondary N) is 1. The van der Waals surface area contributed by atoms with Crippen molar-refractivity contribution in [2.24, 2.45) is 0 Å². The highest BCUT2D eigenvalue weighted by Crippen LogP contribution is 2.21. The van der Waals surface area contributed by atoms with Gasteiger partial charge in [-0.25, -0.2) is 0 Å². The number of thioether (sulfide) groups is 1. The van der Waals surface area contributed by atoms with Crippen LogP contribution in [-0.2, 0) is 12.3 Å². The second-order valence-electron chi connectivity index (χ2n) is 4.65. The molecule has 0 aliphatic carbocycles. The van der Waals surface area contributed by atoms with E-state index in [9.17, 15) is 8.78 Å². The molecule has 0 spiro atoms. The molecular formula is C12H19F2NO2S. The van der Waals surface area contributed by atoms with Crippen LogP contribution in [0.25, 0.3) is 0 Å². The Balaban J connectivity index is 2.39. The number of alkyl halides is 2. The summed E-state index contributed by atoms with van der Waals surface area (Å²) in [6, 6.07) is 3.49. The number of aliphatic hydroxyl groups excluding tert-OH is 1. The van der Waals surface area contributed by atoms with E-state index in [1.807, 2.05) is 13.8 Å². The van der Waals surface area contributed by atoms with Crippen LogP contribution in [0.4, 0.5) is 8.78 Å². The lowest BCUT2D eigenvalue weighted by molar-refractivity contribution is 0.227. The van der Waals surface area contributed by atoms with Crippen molar-refractivity contribution in [3.63, 3.8) is 0 Å². The number of hydrogen-bond acceptors (Lipinski definition) is 4. The van der Waals surface area contributed by atoms with Gasteiger partial charge in [0.1, 0.15) is 11.5 Å². The molecule has 0 atom stereocenters. The highest BCUT2D eigenvalue weighted by Gasteiger charge is 2.16. The van der Waals surface area contributed by atoms with Crippen molar-refractivity contribution in [3.05, 3.63) is 23.7 Å². The summed E-state index contributed by atoms with van der Waals surface area (Å²) in [5.41, 5.74) is -0.181. The Morgan fingerprint density at radius 3 is 2.67 bits per heavy atom. The summed E-state index contributed by atoms with van der Waals surface area (Å²) in [4.78, 5) is 0. The van der Waals surface area contributed by atoms with Crippen molar-refractivity contribution in [1.29, 1.82) is 0 Å². The largest absolute Gasteiger partial charge is 0.464 e. The first kappa shape index (κ1) is 15.5. The van der Waals surface area contributed by atoms with E-state index in [0.29, 0.717) is 36.2 Å². The van der Waals surface area contributed by atoms with E-state index >= 15 is 0 Å². The molecule has 0 bridgehead atoms. The Morgan fingerprint density at radius 2 is 2.06 bits per heavy atom. The van der Waals surface area contributed by atoms with E-state index in [0.717, 1.165) is 0 Å². The molecule has 0 radical (unpaired) electrons. The van der Waals surface area contributed by atoms with Crippen molar-refractivity contribution >= 4 is 11.8 Å².